The molecule has 0 saturated carbocycles. The summed E-state index contributed by atoms with van der Waals surface area (Å²) in [5.41, 5.74) is 3.02. The molecule has 1 saturated heterocycles. The molecule has 1 amide bonds. The second kappa shape index (κ2) is 6.81. The maximum atomic E-state index is 13.7. The molecule has 1 unspecified atom stereocenters. The van der Waals surface area contributed by atoms with Crippen LogP contribution in [0.4, 0.5) is 4.39 Å². The number of halogens is 1. The number of likely N-dealkylation sites (tertiary alicyclic amines) is 1. The number of hydrogen-bond acceptors (Lipinski definition) is 3. The van der Waals surface area contributed by atoms with E-state index in [1.165, 1.54) is 12.1 Å². The number of nitrogens with zero attached hydrogens (tertiary/aromatic N) is 3. The monoisotopic (exact) mass is 391 g/mol. The van der Waals surface area contributed by atoms with Crippen LogP contribution < -0.4 is 0 Å². The number of imidazole rings is 1. The third-order valence-corrected chi connectivity index (χ3v) is 5.88. The van der Waals surface area contributed by atoms with E-state index in [0.29, 0.717) is 31.8 Å². The first-order chi connectivity index (χ1) is 14.0. The number of benzene rings is 2. The normalized spacial score (nSPS) is 20.8. The fourth-order valence-corrected chi connectivity index (χ4v) is 4.36. The standard InChI is InChI=1S/C23H22FN3O2/c1-16-4-2-6-18(10-16)22(28)26-9-8-23(14-26)15-27-20(12-25-21(27)13-29-23)17-5-3-7-19(24)11-17/h2-7,10-12H,8-9,13-15H2,1H3. The van der Waals surface area contributed by atoms with Crippen LogP contribution in [0.2, 0.25) is 0 Å². The lowest BCUT2D eigenvalue weighted by Crippen LogP contribution is -2.45. The van der Waals surface area contributed by atoms with Gasteiger partial charge >= 0.3 is 0 Å². The molecular weight excluding hydrogens is 369 g/mol. The van der Waals surface area contributed by atoms with Crippen LogP contribution in [0, 0.1) is 12.7 Å². The predicted molar refractivity (Wildman–Crippen MR) is 107 cm³/mol. The van der Waals surface area contributed by atoms with Gasteiger partial charge in [-0.1, -0.05) is 29.8 Å². The van der Waals surface area contributed by atoms with E-state index < -0.39 is 5.60 Å². The van der Waals surface area contributed by atoms with Crippen molar-refractivity contribution in [2.75, 3.05) is 13.1 Å². The first kappa shape index (κ1) is 18.1. The molecule has 1 spiro atoms. The lowest BCUT2D eigenvalue weighted by molar-refractivity contribution is -0.0804. The van der Waals surface area contributed by atoms with Gasteiger partial charge in [0.15, 0.2) is 0 Å². The van der Waals surface area contributed by atoms with Crippen LogP contribution in [0.1, 0.15) is 28.2 Å². The molecule has 29 heavy (non-hydrogen) atoms. The molecule has 2 aliphatic heterocycles. The van der Waals surface area contributed by atoms with E-state index in [9.17, 15) is 9.18 Å². The molecule has 0 radical (unpaired) electrons. The zero-order chi connectivity index (χ0) is 20.0. The van der Waals surface area contributed by atoms with Gasteiger partial charge in [0.1, 0.15) is 23.8 Å². The number of rotatable bonds is 2. The summed E-state index contributed by atoms with van der Waals surface area (Å²) in [5, 5.41) is 0. The molecule has 0 N–H and O–H groups in total. The molecule has 1 aromatic heterocycles. The van der Waals surface area contributed by atoms with E-state index in [0.717, 1.165) is 29.1 Å². The van der Waals surface area contributed by atoms with Crippen molar-refractivity contribution in [3.8, 4) is 11.3 Å². The van der Waals surface area contributed by atoms with E-state index in [1.807, 2.05) is 42.2 Å². The average molecular weight is 391 g/mol. The van der Waals surface area contributed by atoms with Gasteiger partial charge < -0.3 is 14.2 Å². The smallest absolute Gasteiger partial charge is 0.253 e. The highest BCUT2D eigenvalue weighted by atomic mass is 19.1. The second-order valence-corrected chi connectivity index (χ2v) is 7.97. The summed E-state index contributed by atoms with van der Waals surface area (Å²) in [5.74, 6) is 0.602. The van der Waals surface area contributed by atoms with Crippen molar-refractivity contribution in [3.63, 3.8) is 0 Å². The van der Waals surface area contributed by atoms with Gasteiger partial charge in [0.05, 0.1) is 25.0 Å². The Balaban J connectivity index is 1.40. The molecule has 5 rings (SSSR count). The van der Waals surface area contributed by atoms with Crippen LogP contribution in [0.15, 0.2) is 54.7 Å². The van der Waals surface area contributed by atoms with Crippen LogP contribution in [0.5, 0.6) is 0 Å². The molecule has 5 nitrogen and oxygen atoms in total. The molecular formula is C23H22FN3O2. The summed E-state index contributed by atoms with van der Waals surface area (Å²) in [6.07, 6.45) is 2.54. The van der Waals surface area contributed by atoms with Crippen molar-refractivity contribution in [1.82, 2.24) is 14.5 Å². The molecule has 2 aliphatic rings. The fourth-order valence-electron chi connectivity index (χ4n) is 4.36. The van der Waals surface area contributed by atoms with E-state index in [-0.39, 0.29) is 11.7 Å². The van der Waals surface area contributed by atoms with Gasteiger partial charge in [0.25, 0.3) is 5.91 Å². The molecule has 6 heteroatoms. The van der Waals surface area contributed by atoms with Gasteiger partial charge in [-0.15, -0.1) is 0 Å². The number of aryl methyl sites for hydroxylation is 1. The van der Waals surface area contributed by atoms with Crippen LogP contribution in [0.3, 0.4) is 0 Å². The zero-order valence-corrected chi connectivity index (χ0v) is 16.3. The second-order valence-electron chi connectivity index (χ2n) is 7.97. The number of ether oxygens (including phenoxy) is 1. The Bertz CT molecular complexity index is 1090. The number of hydrogen-bond donors (Lipinski definition) is 0. The van der Waals surface area contributed by atoms with Crippen LogP contribution >= 0.6 is 0 Å². The van der Waals surface area contributed by atoms with Crippen molar-refractivity contribution < 1.29 is 13.9 Å². The molecule has 148 valence electrons. The lowest BCUT2D eigenvalue weighted by atomic mass is 10.0. The molecule has 1 fully saturated rings. The molecule has 3 aromatic rings. The van der Waals surface area contributed by atoms with Crippen molar-refractivity contribution in [1.29, 1.82) is 0 Å². The minimum atomic E-state index is -0.435. The quantitative estimate of drug-likeness (QED) is 0.667. The van der Waals surface area contributed by atoms with Crippen LogP contribution in [-0.4, -0.2) is 39.0 Å². The van der Waals surface area contributed by atoms with E-state index >= 15 is 0 Å². The first-order valence-electron chi connectivity index (χ1n) is 9.83. The maximum Gasteiger partial charge on any atom is 0.253 e. The minimum absolute atomic E-state index is 0.0379. The van der Waals surface area contributed by atoms with Gasteiger partial charge in [-0.25, -0.2) is 9.37 Å². The highest BCUT2D eigenvalue weighted by Crippen LogP contribution is 2.35. The highest BCUT2D eigenvalue weighted by molar-refractivity contribution is 5.94. The summed E-state index contributed by atoms with van der Waals surface area (Å²) in [6, 6.07) is 14.2. The van der Waals surface area contributed by atoms with Gasteiger partial charge in [-0.3, -0.25) is 4.79 Å². The Morgan fingerprint density at radius 2 is 2.03 bits per heavy atom. The lowest BCUT2D eigenvalue weighted by Gasteiger charge is -2.35. The Morgan fingerprint density at radius 3 is 2.86 bits per heavy atom. The van der Waals surface area contributed by atoms with Crippen LogP contribution in [-0.2, 0) is 17.9 Å². The minimum Gasteiger partial charge on any atom is -0.363 e. The van der Waals surface area contributed by atoms with Crippen molar-refractivity contribution >= 4 is 5.91 Å². The van der Waals surface area contributed by atoms with Gasteiger partial charge in [0.2, 0.25) is 0 Å². The Labute approximate surface area is 168 Å². The fraction of sp³-hybridized carbons (Fsp3) is 0.304. The summed E-state index contributed by atoms with van der Waals surface area (Å²) >= 11 is 0. The summed E-state index contributed by atoms with van der Waals surface area (Å²) in [7, 11) is 0. The Kier molecular flexibility index (Phi) is 4.24. The number of fused-ring (bicyclic) bond motifs is 1. The summed E-state index contributed by atoms with van der Waals surface area (Å²) in [4.78, 5) is 19.3. The Morgan fingerprint density at radius 1 is 1.17 bits per heavy atom. The molecule has 0 aliphatic carbocycles. The van der Waals surface area contributed by atoms with Crippen molar-refractivity contribution in [2.45, 2.75) is 32.1 Å². The van der Waals surface area contributed by atoms with Crippen LogP contribution in [0.25, 0.3) is 11.3 Å². The zero-order valence-electron chi connectivity index (χ0n) is 16.3. The van der Waals surface area contributed by atoms with E-state index in [2.05, 4.69) is 9.55 Å². The SMILES string of the molecule is Cc1cccc(C(=O)N2CCC3(C2)Cn2c(-c4cccc(F)c4)cnc2CO3)c1. The molecule has 3 heterocycles. The number of carbonyl (C=O) groups is 1. The number of amides is 1. The molecule has 1 atom stereocenters. The first-order valence-corrected chi connectivity index (χ1v) is 9.83. The molecule has 2 aromatic carbocycles. The summed E-state index contributed by atoms with van der Waals surface area (Å²) in [6.45, 7) is 4.18. The van der Waals surface area contributed by atoms with Gasteiger partial charge in [0, 0.05) is 17.7 Å². The van der Waals surface area contributed by atoms with E-state index in [1.54, 1.807) is 12.3 Å². The topological polar surface area (TPSA) is 47.4 Å². The molecule has 0 bridgehead atoms. The van der Waals surface area contributed by atoms with E-state index in [4.69, 9.17) is 4.74 Å². The van der Waals surface area contributed by atoms with Gasteiger partial charge in [-0.2, -0.15) is 0 Å². The maximum absolute atomic E-state index is 13.7. The average Bonchev–Trinajstić information content (AvgIpc) is 3.32. The van der Waals surface area contributed by atoms with Crippen molar-refractivity contribution in [3.05, 3.63) is 77.5 Å². The largest absolute Gasteiger partial charge is 0.363 e. The predicted octanol–water partition coefficient (Wildman–Crippen LogP) is 3.81. The number of carbonyl (C=O) groups excluding carboxylic acids is 1. The number of aromatic nitrogens is 2. The highest BCUT2D eigenvalue weighted by Gasteiger charge is 2.44. The third kappa shape index (κ3) is 3.23. The Hall–Kier alpha value is -2.99. The van der Waals surface area contributed by atoms with Gasteiger partial charge in [-0.05, 0) is 37.6 Å². The third-order valence-electron chi connectivity index (χ3n) is 5.88. The summed E-state index contributed by atoms with van der Waals surface area (Å²) < 4.78 is 22.0. The van der Waals surface area contributed by atoms with Crippen molar-refractivity contribution in [2.24, 2.45) is 0 Å².